The molecule has 1 unspecified atom stereocenters. The number of likely N-dealkylation sites (N-methyl/N-ethyl adjacent to an activating group) is 2. The molecule has 0 amide bonds. The van der Waals surface area contributed by atoms with Crippen molar-refractivity contribution in [1.82, 2.24) is 9.80 Å². The molecule has 0 heterocycles. The second kappa shape index (κ2) is 4.80. The molecule has 0 aromatic heterocycles. The number of nitrogens with zero attached hydrogens (tertiary/aromatic N) is 3. The predicted molar refractivity (Wildman–Crippen MR) is 73.0 cm³/mol. The Balaban J connectivity index is 1.92. The summed E-state index contributed by atoms with van der Waals surface area (Å²) in [5.41, 5.74) is 5.92. The van der Waals surface area contributed by atoms with E-state index in [4.69, 9.17) is 5.73 Å². The Morgan fingerprint density at radius 3 is 2.28 bits per heavy atom. The van der Waals surface area contributed by atoms with Crippen LogP contribution in [0.25, 0.3) is 0 Å². The minimum absolute atomic E-state index is 0.314. The fraction of sp³-hybridized carbons (Fsp3) is 0.929. The standard InChI is InChI=1S/C14H26N4/c1-17(2)13(7-4-8-13)10-18(3)11-14(16,9-15)12-5-6-12/h12H,4-8,10-11,16H2,1-3H3. The van der Waals surface area contributed by atoms with Gasteiger partial charge in [0.05, 0.1) is 6.07 Å². The summed E-state index contributed by atoms with van der Waals surface area (Å²) in [5.74, 6) is 0.418. The summed E-state index contributed by atoms with van der Waals surface area (Å²) in [4.78, 5) is 4.61. The van der Waals surface area contributed by atoms with Gasteiger partial charge in [-0.15, -0.1) is 0 Å². The van der Waals surface area contributed by atoms with E-state index in [1.165, 1.54) is 19.3 Å². The van der Waals surface area contributed by atoms with Crippen LogP contribution < -0.4 is 5.73 Å². The van der Waals surface area contributed by atoms with Crippen LogP contribution in [0.1, 0.15) is 32.1 Å². The summed E-state index contributed by atoms with van der Waals surface area (Å²) < 4.78 is 0. The third-order valence-corrected chi connectivity index (χ3v) is 4.84. The predicted octanol–water partition coefficient (Wildman–Crippen LogP) is 1.03. The molecule has 0 spiro atoms. The summed E-state index contributed by atoms with van der Waals surface area (Å²) in [5, 5.41) is 9.31. The maximum absolute atomic E-state index is 9.31. The molecule has 4 heteroatoms. The minimum atomic E-state index is -0.633. The lowest BCUT2D eigenvalue weighted by Gasteiger charge is -2.49. The SMILES string of the molecule is CN(CC(N)(C#N)C1CC1)CC1(N(C)C)CCC1. The van der Waals surface area contributed by atoms with E-state index in [0.717, 1.165) is 19.4 Å². The Morgan fingerprint density at radius 1 is 1.33 bits per heavy atom. The van der Waals surface area contributed by atoms with Crippen LogP contribution in [-0.4, -0.2) is 55.1 Å². The first-order valence-corrected chi connectivity index (χ1v) is 6.98. The molecule has 2 rings (SSSR count). The van der Waals surface area contributed by atoms with Gasteiger partial charge >= 0.3 is 0 Å². The van der Waals surface area contributed by atoms with Crippen LogP contribution in [0, 0.1) is 17.2 Å². The van der Waals surface area contributed by atoms with E-state index < -0.39 is 5.54 Å². The van der Waals surface area contributed by atoms with Gasteiger partial charge in [0.15, 0.2) is 0 Å². The molecule has 2 saturated carbocycles. The number of nitrogens with two attached hydrogens (primary N) is 1. The van der Waals surface area contributed by atoms with Crippen molar-refractivity contribution in [2.24, 2.45) is 11.7 Å². The number of rotatable bonds is 6. The highest BCUT2D eigenvalue weighted by molar-refractivity contribution is 5.15. The lowest BCUT2D eigenvalue weighted by molar-refractivity contribution is 0.0237. The molecular weight excluding hydrogens is 224 g/mol. The van der Waals surface area contributed by atoms with E-state index in [-0.39, 0.29) is 0 Å². The molecule has 2 aliphatic carbocycles. The highest BCUT2D eigenvalue weighted by Crippen LogP contribution is 2.40. The second-order valence-electron chi connectivity index (χ2n) is 6.57. The van der Waals surface area contributed by atoms with Gasteiger partial charge in [0.1, 0.15) is 5.54 Å². The van der Waals surface area contributed by atoms with Gasteiger partial charge in [0.25, 0.3) is 0 Å². The van der Waals surface area contributed by atoms with Crippen molar-refractivity contribution >= 4 is 0 Å². The van der Waals surface area contributed by atoms with Crippen molar-refractivity contribution in [3.63, 3.8) is 0 Å². The Kier molecular flexibility index (Phi) is 3.68. The molecule has 0 aromatic carbocycles. The van der Waals surface area contributed by atoms with Crippen LogP contribution in [0.5, 0.6) is 0 Å². The molecule has 2 fully saturated rings. The summed E-state index contributed by atoms with van der Waals surface area (Å²) >= 11 is 0. The fourth-order valence-electron chi connectivity index (χ4n) is 3.19. The Hall–Kier alpha value is -0.630. The molecule has 102 valence electrons. The summed E-state index contributed by atoms with van der Waals surface area (Å²) in [6.45, 7) is 1.72. The zero-order valence-electron chi connectivity index (χ0n) is 11.9. The number of hydrogen-bond donors (Lipinski definition) is 1. The first kappa shape index (κ1) is 13.8. The summed E-state index contributed by atoms with van der Waals surface area (Å²) in [6.07, 6.45) is 6.09. The quantitative estimate of drug-likeness (QED) is 0.765. The molecule has 0 aliphatic heterocycles. The van der Waals surface area contributed by atoms with Crippen molar-refractivity contribution in [3.8, 4) is 6.07 Å². The zero-order valence-corrected chi connectivity index (χ0v) is 11.9. The lowest BCUT2D eigenvalue weighted by Crippen LogP contribution is -2.59. The lowest BCUT2D eigenvalue weighted by atomic mass is 9.75. The normalized spacial score (nSPS) is 25.6. The summed E-state index contributed by atoms with van der Waals surface area (Å²) in [7, 11) is 6.42. The van der Waals surface area contributed by atoms with E-state index in [1.807, 2.05) is 0 Å². The van der Waals surface area contributed by atoms with Crippen molar-refractivity contribution in [2.45, 2.75) is 43.2 Å². The van der Waals surface area contributed by atoms with Crippen molar-refractivity contribution in [2.75, 3.05) is 34.2 Å². The van der Waals surface area contributed by atoms with Crippen LogP contribution in [0.2, 0.25) is 0 Å². The van der Waals surface area contributed by atoms with Crippen LogP contribution >= 0.6 is 0 Å². The van der Waals surface area contributed by atoms with Gasteiger partial charge in [-0.1, -0.05) is 0 Å². The van der Waals surface area contributed by atoms with E-state index >= 15 is 0 Å². The average molecular weight is 250 g/mol. The minimum Gasteiger partial charge on any atom is -0.312 e. The first-order chi connectivity index (χ1) is 8.42. The van der Waals surface area contributed by atoms with Gasteiger partial charge < -0.3 is 15.5 Å². The van der Waals surface area contributed by atoms with Crippen molar-refractivity contribution in [1.29, 1.82) is 5.26 Å². The molecule has 0 saturated heterocycles. The monoisotopic (exact) mass is 250 g/mol. The number of nitriles is 1. The van der Waals surface area contributed by atoms with E-state index in [1.54, 1.807) is 0 Å². The highest BCUT2D eigenvalue weighted by Gasteiger charge is 2.45. The van der Waals surface area contributed by atoms with Gasteiger partial charge in [0.2, 0.25) is 0 Å². The fourth-order valence-corrected chi connectivity index (χ4v) is 3.19. The Morgan fingerprint density at radius 2 is 1.94 bits per heavy atom. The maximum Gasteiger partial charge on any atom is 0.119 e. The van der Waals surface area contributed by atoms with Crippen LogP contribution in [0.3, 0.4) is 0 Å². The van der Waals surface area contributed by atoms with Crippen LogP contribution in [0.4, 0.5) is 0 Å². The molecule has 0 bridgehead atoms. The molecular formula is C14H26N4. The Bertz CT molecular complexity index is 338. The molecule has 2 aliphatic rings. The molecule has 0 radical (unpaired) electrons. The average Bonchev–Trinajstić information content (AvgIpc) is 3.06. The van der Waals surface area contributed by atoms with Gasteiger partial charge in [-0.2, -0.15) is 5.26 Å². The van der Waals surface area contributed by atoms with Crippen LogP contribution in [0.15, 0.2) is 0 Å². The maximum atomic E-state index is 9.31. The van der Waals surface area contributed by atoms with Crippen LogP contribution in [-0.2, 0) is 0 Å². The number of hydrogen-bond acceptors (Lipinski definition) is 4. The van der Waals surface area contributed by atoms with Gasteiger partial charge in [-0.05, 0) is 59.2 Å². The van der Waals surface area contributed by atoms with E-state index in [0.29, 0.717) is 18.0 Å². The van der Waals surface area contributed by atoms with E-state index in [9.17, 15) is 5.26 Å². The second-order valence-corrected chi connectivity index (χ2v) is 6.57. The van der Waals surface area contributed by atoms with Crippen molar-refractivity contribution < 1.29 is 0 Å². The first-order valence-electron chi connectivity index (χ1n) is 6.98. The van der Waals surface area contributed by atoms with E-state index in [2.05, 4.69) is 37.0 Å². The molecule has 1 atom stereocenters. The van der Waals surface area contributed by atoms with Gasteiger partial charge in [-0.25, -0.2) is 0 Å². The van der Waals surface area contributed by atoms with Crippen molar-refractivity contribution in [3.05, 3.63) is 0 Å². The zero-order chi connectivity index (χ0) is 13.4. The molecule has 18 heavy (non-hydrogen) atoms. The Labute approximate surface area is 111 Å². The highest BCUT2D eigenvalue weighted by atomic mass is 15.2. The molecule has 4 nitrogen and oxygen atoms in total. The van der Waals surface area contributed by atoms with Gasteiger partial charge in [-0.3, -0.25) is 0 Å². The molecule has 0 aromatic rings. The smallest absolute Gasteiger partial charge is 0.119 e. The van der Waals surface area contributed by atoms with Gasteiger partial charge in [0, 0.05) is 18.6 Å². The topological polar surface area (TPSA) is 56.3 Å². The third-order valence-electron chi connectivity index (χ3n) is 4.84. The molecule has 2 N–H and O–H groups in total. The largest absolute Gasteiger partial charge is 0.312 e. The summed E-state index contributed by atoms with van der Waals surface area (Å²) in [6, 6.07) is 2.34. The third kappa shape index (κ3) is 2.54.